The van der Waals surface area contributed by atoms with E-state index in [0.717, 1.165) is 6.42 Å². The molecule has 0 radical (unpaired) electrons. The molecule has 0 saturated carbocycles. The SMILES string of the molecule is CCCNC(=O)c1ccc([N+](=O)[O-])c(C)c1. The Morgan fingerprint density at radius 2 is 2.19 bits per heavy atom. The maximum Gasteiger partial charge on any atom is 0.272 e. The second kappa shape index (κ2) is 5.25. The highest BCUT2D eigenvalue weighted by molar-refractivity contribution is 5.94. The van der Waals surface area contributed by atoms with Crippen LogP contribution >= 0.6 is 0 Å². The number of nitro groups is 1. The average molecular weight is 222 g/mol. The molecule has 0 saturated heterocycles. The summed E-state index contributed by atoms with van der Waals surface area (Å²) in [6.45, 7) is 4.19. The minimum Gasteiger partial charge on any atom is -0.352 e. The number of rotatable bonds is 4. The fourth-order valence-corrected chi connectivity index (χ4v) is 1.34. The molecule has 0 aromatic heterocycles. The van der Waals surface area contributed by atoms with Crippen molar-refractivity contribution in [3.05, 3.63) is 39.4 Å². The van der Waals surface area contributed by atoms with Crippen molar-refractivity contribution in [3.8, 4) is 0 Å². The van der Waals surface area contributed by atoms with Crippen LogP contribution in [0.3, 0.4) is 0 Å². The van der Waals surface area contributed by atoms with Crippen LogP contribution in [0.5, 0.6) is 0 Å². The zero-order valence-electron chi connectivity index (χ0n) is 9.32. The molecular formula is C11H14N2O3. The van der Waals surface area contributed by atoms with E-state index in [2.05, 4.69) is 5.32 Å². The predicted octanol–water partition coefficient (Wildman–Crippen LogP) is 2.04. The third kappa shape index (κ3) is 2.79. The van der Waals surface area contributed by atoms with Gasteiger partial charge in [0.15, 0.2) is 0 Å². The monoisotopic (exact) mass is 222 g/mol. The first-order valence-electron chi connectivity index (χ1n) is 5.09. The van der Waals surface area contributed by atoms with Crippen molar-refractivity contribution in [1.29, 1.82) is 0 Å². The summed E-state index contributed by atoms with van der Waals surface area (Å²) < 4.78 is 0. The molecule has 1 N–H and O–H groups in total. The number of carbonyl (C=O) groups excluding carboxylic acids is 1. The van der Waals surface area contributed by atoms with Crippen molar-refractivity contribution in [3.63, 3.8) is 0 Å². The van der Waals surface area contributed by atoms with Crippen molar-refractivity contribution in [1.82, 2.24) is 5.32 Å². The highest BCUT2D eigenvalue weighted by Crippen LogP contribution is 2.18. The number of nitrogens with one attached hydrogen (secondary N) is 1. The molecule has 0 heterocycles. The van der Waals surface area contributed by atoms with E-state index in [1.54, 1.807) is 6.92 Å². The van der Waals surface area contributed by atoms with Gasteiger partial charge in [-0.1, -0.05) is 6.92 Å². The lowest BCUT2D eigenvalue weighted by Gasteiger charge is -2.04. The van der Waals surface area contributed by atoms with Gasteiger partial charge in [0.1, 0.15) is 0 Å². The van der Waals surface area contributed by atoms with Gasteiger partial charge in [-0.15, -0.1) is 0 Å². The van der Waals surface area contributed by atoms with Crippen LogP contribution in [0.1, 0.15) is 29.3 Å². The van der Waals surface area contributed by atoms with Gasteiger partial charge in [0.25, 0.3) is 11.6 Å². The van der Waals surface area contributed by atoms with E-state index in [0.29, 0.717) is 17.7 Å². The highest BCUT2D eigenvalue weighted by Gasteiger charge is 2.13. The van der Waals surface area contributed by atoms with Gasteiger partial charge in [0.05, 0.1) is 4.92 Å². The molecule has 86 valence electrons. The molecule has 16 heavy (non-hydrogen) atoms. The topological polar surface area (TPSA) is 72.2 Å². The van der Waals surface area contributed by atoms with Gasteiger partial charge in [0, 0.05) is 23.7 Å². The minimum absolute atomic E-state index is 0.0343. The van der Waals surface area contributed by atoms with Crippen LogP contribution in [0.4, 0.5) is 5.69 Å². The lowest BCUT2D eigenvalue weighted by atomic mass is 10.1. The molecule has 1 amide bonds. The number of nitrogens with zero attached hydrogens (tertiary/aromatic N) is 1. The van der Waals surface area contributed by atoms with Crippen molar-refractivity contribution >= 4 is 11.6 Å². The number of carbonyl (C=O) groups is 1. The second-order valence-corrected chi connectivity index (χ2v) is 3.51. The molecule has 0 aliphatic carbocycles. The Balaban J connectivity index is 2.88. The molecular weight excluding hydrogens is 208 g/mol. The van der Waals surface area contributed by atoms with E-state index >= 15 is 0 Å². The Labute approximate surface area is 93.6 Å². The van der Waals surface area contributed by atoms with Gasteiger partial charge >= 0.3 is 0 Å². The van der Waals surface area contributed by atoms with Crippen LogP contribution < -0.4 is 5.32 Å². The van der Waals surface area contributed by atoms with Crippen LogP contribution in [-0.2, 0) is 0 Å². The molecule has 0 aliphatic heterocycles. The Morgan fingerprint density at radius 1 is 1.50 bits per heavy atom. The van der Waals surface area contributed by atoms with Crippen LogP contribution in [-0.4, -0.2) is 17.4 Å². The smallest absolute Gasteiger partial charge is 0.272 e. The van der Waals surface area contributed by atoms with Crippen molar-refractivity contribution in [2.75, 3.05) is 6.54 Å². The Hall–Kier alpha value is -1.91. The molecule has 0 aliphatic rings. The van der Waals surface area contributed by atoms with E-state index in [4.69, 9.17) is 0 Å². The molecule has 1 rings (SSSR count). The quantitative estimate of drug-likeness (QED) is 0.625. The highest BCUT2D eigenvalue weighted by atomic mass is 16.6. The lowest BCUT2D eigenvalue weighted by molar-refractivity contribution is -0.385. The standard InChI is InChI=1S/C11H14N2O3/c1-3-6-12-11(14)9-4-5-10(13(15)16)8(2)7-9/h4-5,7H,3,6H2,1-2H3,(H,12,14). The molecule has 5 nitrogen and oxygen atoms in total. The maximum atomic E-state index is 11.6. The molecule has 0 spiro atoms. The molecule has 0 bridgehead atoms. The fourth-order valence-electron chi connectivity index (χ4n) is 1.34. The molecule has 1 aromatic rings. The van der Waals surface area contributed by atoms with Gasteiger partial charge < -0.3 is 5.32 Å². The molecule has 0 unspecified atom stereocenters. The lowest BCUT2D eigenvalue weighted by Crippen LogP contribution is -2.24. The Morgan fingerprint density at radius 3 is 2.69 bits per heavy atom. The van der Waals surface area contributed by atoms with Crippen LogP contribution in [0.2, 0.25) is 0 Å². The Kier molecular flexibility index (Phi) is 3.99. The summed E-state index contributed by atoms with van der Waals surface area (Å²) in [7, 11) is 0. The largest absolute Gasteiger partial charge is 0.352 e. The summed E-state index contributed by atoms with van der Waals surface area (Å²) >= 11 is 0. The summed E-state index contributed by atoms with van der Waals surface area (Å²) in [5, 5.41) is 13.3. The summed E-state index contributed by atoms with van der Waals surface area (Å²) in [4.78, 5) is 21.7. The zero-order valence-corrected chi connectivity index (χ0v) is 9.32. The maximum absolute atomic E-state index is 11.6. The first kappa shape index (κ1) is 12.2. The summed E-state index contributed by atoms with van der Waals surface area (Å²) in [6, 6.07) is 4.36. The summed E-state index contributed by atoms with van der Waals surface area (Å²) in [5.74, 6) is -0.195. The van der Waals surface area contributed by atoms with E-state index in [-0.39, 0.29) is 11.6 Å². The van der Waals surface area contributed by atoms with Gasteiger partial charge in [-0.05, 0) is 25.5 Å². The van der Waals surface area contributed by atoms with Crippen molar-refractivity contribution < 1.29 is 9.72 Å². The van der Waals surface area contributed by atoms with E-state index in [1.807, 2.05) is 6.92 Å². The van der Waals surface area contributed by atoms with Gasteiger partial charge in [0.2, 0.25) is 0 Å². The predicted molar refractivity (Wildman–Crippen MR) is 60.5 cm³/mol. The number of nitro benzene ring substituents is 1. The molecule has 1 aromatic carbocycles. The number of aryl methyl sites for hydroxylation is 1. The third-order valence-corrected chi connectivity index (χ3v) is 2.19. The van der Waals surface area contributed by atoms with Crippen LogP contribution in [0.15, 0.2) is 18.2 Å². The number of hydrogen-bond donors (Lipinski definition) is 1. The fraction of sp³-hybridized carbons (Fsp3) is 0.364. The van der Waals surface area contributed by atoms with E-state index < -0.39 is 4.92 Å². The molecule has 0 fully saturated rings. The summed E-state index contributed by atoms with van der Waals surface area (Å²) in [6.07, 6.45) is 0.859. The number of amides is 1. The molecule has 5 heteroatoms. The number of benzene rings is 1. The van der Waals surface area contributed by atoms with Gasteiger partial charge in [-0.25, -0.2) is 0 Å². The van der Waals surface area contributed by atoms with Crippen molar-refractivity contribution in [2.24, 2.45) is 0 Å². The number of hydrogen-bond acceptors (Lipinski definition) is 3. The minimum atomic E-state index is -0.455. The second-order valence-electron chi connectivity index (χ2n) is 3.51. The van der Waals surface area contributed by atoms with Gasteiger partial charge in [-0.3, -0.25) is 14.9 Å². The summed E-state index contributed by atoms with van der Waals surface area (Å²) in [5.41, 5.74) is 0.984. The first-order valence-corrected chi connectivity index (χ1v) is 5.09. The normalized spacial score (nSPS) is 9.88. The van der Waals surface area contributed by atoms with Gasteiger partial charge in [-0.2, -0.15) is 0 Å². The zero-order chi connectivity index (χ0) is 12.1. The van der Waals surface area contributed by atoms with E-state index in [9.17, 15) is 14.9 Å². The molecule has 0 atom stereocenters. The van der Waals surface area contributed by atoms with Crippen LogP contribution in [0.25, 0.3) is 0 Å². The van der Waals surface area contributed by atoms with Crippen LogP contribution in [0, 0.1) is 17.0 Å². The van der Waals surface area contributed by atoms with E-state index in [1.165, 1.54) is 18.2 Å². The van der Waals surface area contributed by atoms with Crippen molar-refractivity contribution in [2.45, 2.75) is 20.3 Å². The Bertz CT molecular complexity index is 416. The first-order chi connectivity index (χ1) is 7.56. The third-order valence-electron chi connectivity index (χ3n) is 2.19. The average Bonchev–Trinajstić information content (AvgIpc) is 2.25.